The number of para-hydroxylation sites is 2. The monoisotopic (exact) mass is 352 g/mol. The summed E-state index contributed by atoms with van der Waals surface area (Å²) in [5.74, 6) is 0.115. The molecule has 0 aliphatic heterocycles. The third-order valence-electron chi connectivity index (χ3n) is 3.68. The van der Waals surface area contributed by atoms with Gasteiger partial charge >= 0.3 is 6.18 Å². The summed E-state index contributed by atoms with van der Waals surface area (Å²) >= 11 is 0. The fraction of sp³-hybridized carbons (Fsp3) is 0.278. The smallest absolute Gasteiger partial charge is 0.418 e. The van der Waals surface area contributed by atoms with E-state index in [2.05, 4.69) is 10.6 Å². The van der Waals surface area contributed by atoms with E-state index in [0.717, 1.165) is 11.6 Å². The predicted octanol–water partition coefficient (Wildman–Crippen LogP) is 4.00. The van der Waals surface area contributed by atoms with Crippen LogP contribution < -0.4 is 15.4 Å². The summed E-state index contributed by atoms with van der Waals surface area (Å²) in [6, 6.07) is 12.0. The number of rotatable bonds is 6. The summed E-state index contributed by atoms with van der Waals surface area (Å²) in [4.78, 5) is 12.0. The fourth-order valence-corrected chi connectivity index (χ4v) is 2.41. The molecule has 7 heteroatoms. The van der Waals surface area contributed by atoms with Crippen molar-refractivity contribution in [1.82, 2.24) is 5.32 Å². The lowest BCUT2D eigenvalue weighted by Gasteiger charge is -2.18. The first kappa shape index (κ1) is 18.8. The molecule has 0 bridgehead atoms. The van der Waals surface area contributed by atoms with Crippen molar-refractivity contribution >= 4 is 11.6 Å². The Morgan fingerprint density at radius 1 is 1.12 bits per heavy atom. The second kappa shape index (κ2) is 8.02. The summed E-state index contributed by atoms with van der Waals surface area (Å²) in [6.45, 7) is 1.71. The molecule has 134 valence electrons. The van der Waals surface area contributed by atoms with Crippen molar-refractivity contribution in [3.63, 3.8) is 0 Å². The van der Waals surface area contributed by atoms with E-state index >= 15 is 0 Å². The van der Waals surface area contributed by atoms with Gasteiger partial charge in [-0.05, 0) is 25.1 Å². The van der Waals surface area contributed by atoms with Gasteiger partial charge in [-0.2, -0.15) is 13.2 Å². The summed E-state index contributed by atoms with van der Waals surface area (Å²) in [5, 5.41) is 5.28. The van der Waals surface area contributed by atoms with Gasteiger partial charge in [-0.1, -0.05) is 30.3 Å². The van der Waals surface area contributed by atoms with Crippen LogP contribution in [0, 0.1) is 0 Å². The van der Waals surface area contributed by atoms with Gasteiger partial charge in [-0.25, -0.2) is 0 Å². The minimum Gasteiger partial charge on any atom is -0.496 e. The Bertz CT molecular complexity index is 732. The van der Waals surface area contributed by atoms with Crippen LogP contribution in [0.4, 0.5) is 18.9 Å². The topological polar surface area (TPSA) is 50.4 Å². The molecule has 2 rings (SSSR count). The Morgan fingerprint density at radius 2 is 1.76 bits per heavy atom. The predicted molar refractivity (Wildman–Crippen MR) is 89.5 cm³/mol. The number of anilines is 1. The Hall–Kier alpha value is -2.54. The zero-order valence-corrected chi connectivity index (χ0v) is 13.9. The van der Waals surface area contributed by atoms with Crippen molar-refractivity contribution < 1.29 is 22.7 Å². The highest BCUT2D eigenvalue weighted by atomic mass is 19.4. The minimum absolute atomic E-state index is 0.134. The third kappa shape index (κ3) is 4.96. The van der Waals surface area contributed by atoms with Crippen molar-refractivity contribution in [1.29, 1.82) is 0 Å². The van der Waals surface area contributed by atoms with Crippen LogP contribution >= 0.6 is 0 Å². The molecule has 2 aromatic carbocycles. The van der Waals surface area contributed by atoms with Crippen LogP contribution in [0.1, 0.15) is 24.1 Å². The number of carbonyl (C=O) groups is 1. The molecule has 0 aliphatic rings. The maximum Gasteiger partial charge on any atom is 0.418 e. The molecule has 0 heterocycles. The van der Waals surface area contributed by atoms with Crippen LogP contribution in [0.15, 0.2) is 48.5 Å². The standard InChI is InChI=1S/C18H19F3N2O2/c1-12(13-7-3-6-10-16(13)25-2)22-11-17(24)23-15-9-5-4-8-14(15)18(19,20)21/h3-10,12,22H,11H2,1-2H3,(H,23,24)/t12-/m1/s1. The van der Waals surface area contributed by atoms with Gasteiger partial charge in [0.2, 0.25) is 5.91 Å². The number of amides is 1. The van der Waals surface area contributed by atoms with Crippen molar-refractivity contribution in [2.45, 2.75) is 19.1 Å². The molecule has 0 aromatic heterocycles. The Morgan fingerprint density at radius 3 is 2.44 bits per heavy atom. The van der Waals surface area contributed by atoms with Crippen LogP contribution in [0.3, 0.4) is 0 Å². The minimum atomic E-state index is -4.53. The number of ether oxygens (including phenoxy) is 1. The molecule has 1 amide bonds. The largest absolute Gasteiger partial charge is 0.496 e. The zero-order valence-electron chi connectivity index (χ0n) is 13.9. The Kier molecular flexibility index (Phi) is 6.03. The average molecular weight is 352 g/mol. The molecular weight excluding hydrogens is 333 g/mol. The van der Waals surface area contributed by atoms with Gasteiger partial charge in [-0.15, -0.1) is 0 Å². The molecule has 0 unspecified atom stereocenters. The van der Waals surface area contributed by atoms with Crippen LogP contribution in [0.2, 0.25) is 0 Å². The maximum absolute atomic E-state index is 12.9. The number of alkyl halides is 3. The molecule has 0 saturated heterocycles. The van der Waals surface area contributed by atoms with E-state index in [-0.39, 0.29) is 18.3 Å². The van der Waals surface area contributed by atoms with Crippen LogP contribution in [0.25, 0.3) is 0 Å². The SMILES string of the molecule is COc1ccccc1[C@@H](C)NCC(=O)Nc1ccccc1C(F)(F)F. The van der Waals surface area contributed by atoms with E-state index in [9.17, 15) is 18.0 Å². The molecule has 4 nitrogen and oxygen atoms in total. The summed E-state index contributed by atoms with van der Waals surface area (Å²) in [5.41, 5.74) is -0.277. The van der Waals surface area contributed by atoms with Gasteiger partial charge in [0.25, 0.3) is 0 Å². The Labute approximate surface area is 144 Å². The van der Waals surface area contributed by atoms with E-state index in [1.54, 1.807) is 13.2 Å². The van der Waals surface area contributed by atoms with Crippen molar-refractivity contribution in [2.24, 2.45) is 0 Å². The maximum atomic E-state index is 12.9. The average Bonchev–Trinajstić information content (AvgIpc) is 2.59. The molecular formula is C18H19F3N2O2. The molecule has 0 spiro atoms. The first-order valence-corrected chi connectivity index (χ1v) is 7.65. The molecule has 25 heavy (non-hydrogen) atoms. The summed E-state index contributed by atoms with van der Waals surface area (Å²) < 4.78 is 44.1. The lowest BCUT2D eigenvalue weighted by Crippen LogP contribution is -2.30. The van der Waals surface area contributed by atoms with Crippen LogP contribution in [-0.4, -0.2) is 19.6 Å². The molecule has 2 N–H and O–H groups in total. The number of hydrogen-bond donors (Lipinski definition) is 2. The number of benzene rings is 2. The van der Waals surface area contributed by atoms with Crippen LogP contribution in [0.5, 0.6) is 5.75 Å². The van der Waals surface area contributed by atoms with E-state index in [1.807, 2.05) is 25.1 Å². The van der Waals surface area contributed by atoms with E-state index in [0.29, 0.717) is 5.75 Å². The quantitative estimate of drug-likeness (QED) is 0.826. The van der Waals surface area contributed by atoms with Gasteiger partial charge in [0.1, 0.15) is 5.75 Å². The number of methoxy groups -OCH3 is 1. The van der Waals surface area contributed by atoms with Crippen molar-refractivity contribution in [3.05, 3.63) is 59.7 Å². The molecule has 0 radical (unpaired) electrons. The lowest BCUT2D eigenvalue weighted by molar-refractivity contribution is -0.137. The normalized spacial score (nSPS) is 12.5. The van der Waals surface area contributed by atoms with Gasteiger partial charge in [0, 0.05) is 11.6 Å². The summed E-state index contributed by atoms with van der Waals surface area (Å²) in [6.07, 6.45) is -4.53. The second-order valence-corrected chi connectivity index (χ2v) is 5.44. The highest BCUT2D eigenvalue weighted by Gasteiger charge is 2.33. The molecule has 0 aliphatic carbocycles. The Balaban J connectivity index is 2.00. The first-order valence-electron chi connectivity index (χ1n) is 7.65. The van der Waals surface area contributed by atoms with Crippen LogP contribution in [-0.2, 0) is 11.0 Å². The van der Waals surface area contributed by atoms with E-state index < -0.39 is 17.6 Å². The zero-order chi connectivity index (χ0) is 18.4. The van der Waals surface area contributed by atoms with E-state index in [4.69, 9.17) is 4.74 Å². The van der Waals surface area contributed by atoms with Gasteiger partial charge in [0.15, 0.2) is 0 Å². The van der Waals surface area contributed by atoms with Crippen molar-refractivity contribution in [2.75, 3.05) is 19.0 Å². The highest BCUT2D eigenvalue weighted by molar-refractivity contribution is 5.93. The number of nitrogens with one attached hydrogen (secondary N) is 2. The van der Waals surface area contributed by atoms with E-state index in [1.165, 1.54) is 18.2 Å². The third-order valence-corrected chi connectivity index (χ3v) is 3.68. The fourth-order valence-electron chi connectivity index (χ4n) is 2.41. The van der Waals surface area contributed by atoms with Crippen molar-refractivity contribution in [3.8, 4) is 5.75 Å². The van der Waals surface area contributed by atoms with Gasteiger partial charge < -0.3 is 15.4 Å². The number of hydrogen-bond acceptors (Lipinski definition) is 3. The number of halogens is 3. The number of carbonyl (C=O) groups excluding carboxylic acids is 1. The first-order chi connectivity index (χ1) is 11.8. The lowest BCUT2D eigenvalue weighted by atomic mass is 10.1. The van der Waals surface area contributed by atoms with Gasteiger partial charge in [0.05, 0.1) is 24.9 Å². The molecule has 0 fully saturated rings. The van der Waals surface area contributed by atoms with Gasteiger partial charge in [-0.3, -0.25) is 4.79 Å². The highest BCUT2D eigenvalue weighted by Crippen LogP contribution is 2.34. The molecule has 0 saturated carbocycles. The summed E-state index contributed by atoms with van der Waals surface area (Å²) in [7, 11) is 1.55. The molecule has 1 atom stereocenters. The molecule has 2 aromatic rings. The second-order valence-electron chi connectivity index (χ2n) is 5.44.